The van der Waals surface area contributed by atoms with Crippen molar-refractivity contribution >= 4 is 10.0 Å². The maximum Gasteiger partial charge on any atom is 0.250 e. The first kappa shape index (κ1) is 13.9. The number of alkyl halides is 2. The average molecular weight is 306 g/mol. The van der Waals surface area contributed by atoms with Gasteiger partial charge in [0.25, 0.3) is 5.92 Å². The fourth-order valence-corrected chi connectivity index (χ4v) is 4.16. The molecule has 0 unspecified atom stereocenters. The Morgan fingerprint density at radius 1 is 1.25 bits per heavy atom. The second kappa shape index (κ2) is 4.74. The highest BCUT2D eigenvalue weighted by molar-refractivity contribution is 7.89. The molecule has 1 saturated heterocycles. The SMILES string of the molecule is O=S(=O)(c1cnn2c1CNCC2)N1CCC(F)(F)CC1. The topological polar surface area (TPSA) is 67.2 Å². The molecular weight excluding hydrogens is 290 g/mol. The van der Waals surface area contributed by atoms with Crippen LogP contribution in [0.1, 0.15) is 18.5 Å². The van der Waals surface area contributed by atoms with Crippen LogP contribution in [0.4, 0.5) is 8.78 Å². The van der Waals surface area contributed by atoms with E-state index < -0.39 is 28.8 Å². The van der Waals surface area contributed by atoms with E-state index in [0.29, 0.717) is 18.8 Å². The molecule has 20 heavy (non-hydrogen) atoms. The number of piperidine rings is 1. The van der Waals surface area contributed by atoms with Crippen LogP contribution in [-0.2, 0) is 23.1 Å². The third kappa shape index (κ3) is 2.33. The molecule has 0 amide bonds. The van der Waals surface area contributed by atoms with Crippen molar-refractivity contribution < 1.29 is 17.2 Å². The maximum absolute atomic E-state index is 13.1. The molecular formula is C11H16F2N4O2S. The standard InChI is InChI=1S/C11H16F2N4O2S/c12-11(13)1-4-16(5-2-11)20(18,19)10-8-15-17-6-3-14-7-9(10)17/h8,14H,1-7H2. The van der Waals surface area contributed by atoms with Crippen LogP contribution in [0.5, 0.6) is 0 Å². The van der Waals surface area contributed by atoms with Crippen molar-refractivity contribution in [2.45, 2.75) is 36.7 Å². The van der Waals surface area contributed by atoms with Crippen molar-refractivity contribution in [1.29, 1.82) is 0 Å². The van der Waals surface area contributed by atoms with Crippen LogP contribution in [0.3, 0.4) is 0 Å². The lowest BCUT2D eigenvalue weighted by atomic mass is 10.1. The van der Waals surface area contributed by atoms with Crippen LogP contribution in [0.25, 0.3) is 0 Å². The van der Waals surface area contributed by atoms with Gasteiger partial charge in [-0.15, -0.1) is 0 Å². The Hall–Kier alpha value is -1.06. The van der Waals surface area contributed by atoms with Crippen LogP contribution >= 0.6 is 0 Å². The Morgan fingerprint density at radius 2 is 1.95 bits per heavy atom. The number of halogens is 2. The van der Waals surface area contributed by atoms with Gasteiger partial charge in [-0.05, 0) is 0 Å². The van der Waals surface area contributed by atoms with Gasteiger partial charge in [0.2, 0.25) is 10.0 Å². The summed E-state index contributed by atoms with van der Waals surface area (Å²) in [6, 6.07) is 0. The molecule has 1 fully saturated rings. The van der Waals surface area contributed by atoms with Crippen LogP contribution in [-0.4, -0.2) is 48.1 Å². The lowest BCUT2D eigenvalue weighted by molar-refractivity contribution is -0.0412. The van der Waals surface area contributed by atoms with E-state index in [4.69, 9.17) is 0 Å². The molecule has 1 aromatic heterocycles. The van der Waals surface area contributed by atoms with E-state index in [2.05, 4.69) is 10.4 Å². The van der Waals surface area contributed by atoms with Gasteiger partial charge >= 0.3 is 0 Å². The van der Waals surface area contributed by atoms with Gasteiger partial charge in [-0.25, -0.2) is 17.2 Å². The highest BCUT2D eigenvalue weighted by atomic mass is 32.2. The number of hydrogen-bond donors (Lipinski definition) is 1. The van der Waals surface area contributed by atoms with E-state index in [1.807, 2.05) is 0 Å². The average Bonchev–Trinajstić information content (AvgIpc) is 2.82. The summed E-state index contributed by atoms with van der Waals surface area (Å²) in [7, 11) is -3.73. The molecule has 1 aromatic rings. The molecule has 6 nitrogen and oxygen atoms in total. The molecule has 112 valence electrons. The monoisotopic (exact) mass is 306 g/mol. The molecule has 3 heterocycles. The Balaban J connectivity index is 1.87. The molecule has 2 aliphatic rings. The molecule has 0 atom stereocenters. The van der Waals surface area contributed by atoms with Crippen molar-refractivity contribution in [3.63, 3.8) is 0 Å². The van der Waals surface area contributed by atoms with Crippen LogP contribution in [0.2, 0.25) is 0 Å². The number of aromatic nitrogens is 2. The van der Waals surface area contributed by atoms with Crippen molar-refractivity contribution in [3.05, 3.63) is 11.9 Å². The Bertz CT molecular complexity index is 604. The lowest BCUT2D eigenvalue weighted by Gasteiger charge is -2.31. The molecule has 0 aromatic carbocycles. The number of fused-ring (bicyclic) bond motifs is 1. The van der Waals surface area contributed by atoms with Crippen molar-refractivity contribution in [2.75, 3.05) is 19.6 Å². The minimum atomic E-state index is -3.73. The number of hydrogen-bond acceptors (Lipinski definition) is 4. The lowest BCUT2D eigenvalue weighted by Crippen LogP contribution is -2.43. The van der Waals surface area contributed by atoms with Gasteiger partial charge in [0.15, 0.2) is 0 Å². The van der Waals surface area contributed by atoms with Crippen LogP contribution in [0, 0.1) is 0 Å². The first-order chi connectivity index (χ1) is 9.40. The van der Waals surface area contributed by atoms with Gasteiger partial charge in [0.05, 0.1) is 18.4 Å². The van der Waals surface area contributed by atoms with Gasteiger partial charge in [0.1, 0.15) is 4.90 Å². The molecule has 2 aliphatic heterocycles. The number of nitrogens with one attached hydrogen (secondary N) is 1. The molecule has 9 heteroatoms. The number of rotatable bonds is 2. The summed E-state index contributed by atoms with van der Waals surface area (Å²) < 4.78 is 54.1. The van der Waals surface area contributed by atoms with E-state index in [-0.39, 0.29) is 18.0 Å². The number of nitrogens with zero attached hydrogens (tertiary/aromatic N) is 3. The van der Waals surface area contributed by atoms with Gasteiger partial charge in [0, 0.05) is 39.0 Å². The summed E-state index contributed by atoms with van der Waals surface area (Å²) >= 11 is 0. The Labute approximate surface area is 115 Å². The zero-order valence-electron chi connectivity index (χ0n) is 10.8. The van der Waals surface area contributed by atoms with Crippen molar-refractivity contribution in [2.24, 2.45) is 0 Å². The summed E-state index contributed by atoms with van der Waals surface area (Å²) in [6.45, 7) is 1.49. The zero-order valence-corrected chi connectivity index (χ0v) is 11.7. The minimum absolute atomic E-state index is 0.134. The summed E-state index contributed by atoms with van der Waals surface area (Å²) in [4.78, 5) is 0.134. The summed E-state index contributed by atoms with van der Waals surface area (Å²) in [5.74, 6) is -2.76. The molecule has 1 N–H and O–H groups in total. The van der Waals surface area contributed by atoms with Crippen molar-refractivity contribution in [3.8, 4) is 0 Å². The summed E-state index contributed by atoms with van der Waals surface area (Å²) in [5, 5.41) is 7.16. The highest BCUT2D eigenvalue weighted by Gasteiger charge is 2.40. The van der Waals surface area contributed by atoms with Gasteiger partial charge in [-0.1, -0.05) is 0 Å². The molecule has 0 spiro atoms. The van der Waals surface area contributed by atoms with Crippen LogP contribution in [0.15, 0.2) is 11.1 Å². The third-order valence-electron chi connectivity index (χ3n) is 3.77. The van der Waals surface area contributed by atoms with E-state index in [1.165, 1.54) is 6.20 Å². The Morgan fingerprint density at radius 3 is 2.65 bits per heavy atom. The molecule has 0 saturated carbocycles. The van der Waals surface area contributed by atoms with E-state index in [9.17, 15) is 17.2 Å². The largest absolute Gasteiger partial charge is 0.309 e. The maximum atomic E-state index is 13.1. The van der Waals surface area contributed by atoms with E-state index >= 15 is 0 Å². The first-order valence-corrected chi connectivity index (χ1v) is 7.97. The predicted molar refractivity (Wildman–Crippen MR) is 66.9 cm³/mol. The normalized spacial score (nSPS) is 23.5. The second-order valence-corrected chi connectivity index (χ2v) is 7.02. The quantitative estimate of drug-likeness (QED) is 0.859. The summed E-state index contributed by atoms with van der Waals surface area (Å²) in [6.07, 6.45) is 0.478. The highest BCUT2D eigenvalue weighted by Crippen LogP contribution is 2.31. The first-order valence-electron chi connectivity index (χ1n) is 6.53. The van der Waals surface area contributed by atoms with Crippen LogP contribution < -0.4 is 5.32 Å². The van der Waals surface area contributed by atoms with Gasteiger partial charge in [-0.2, -0.15) is 9.40 Å². The fourth-order valence-electron chi connectivity index (χ4n) is 2.56. The third-order valence-corrected chi connectivity index (χ3v) is 5.72. The second-order valence-electron chi connectivity index (χ2n) is 5.12. The molecule has 0 radical (unpaired) electrons. The van der Waals surface area contributed by atoms with E-state index in [1.54, 1.807) is 4.68 Å². The number of sulfonamides is 1. The fraction of sp³-hybridized carbons (Fsp3) is 0.727. The predicted octanol–water partition coefficient (Wildman–Crippen LogP) is 0.406. The summed E-state index contributed by atoms with van der Waals surface area (Å²) in [5.41, 5.74) is 0.605. The zero-order chi connectivity index (χ0) is 14.4. The molecule has 0 bridgehead atoms. The Kier molecular flexibility index (Phi) is 3.30. The van der Waals surface area contributed by atoms with Gasteiger partial charge in [-0.3, -0.25) is 4.68 Å². The van der Waals surface area contributed by atoms with Crippen molar-refractivity contribution in [1.82, 2.24) is 19.4 Å². The van der Waals surface area contributed by atoms with E-state index in [0.717, 1.165) is 10.8 Å². The molecule has 3 rings (SSSR count). The molecule has 0 aliphatic carbocycles. The smallest absolute Gasteiger partial charge is 0.250 e. The van der Waals surface area contributed by atoms with Gasteiger partial charge < -0.3 is 5.32 Å². The minimum Gasteiger partial charge on any atom is -0.309 e.